The first-order valence-electron chi connectivity index (χ1n) is 6.47. The molecular weight excluding hydrogens is 282 g/mol. The Morgan fingerprint density at radius 1 is 1.58 bits per heavy atom. The van der Waals surface area contributed by atoms with Crippen molar-refractivity contribution in [2.45, 2.75) is 43.6 Å². The molecule has 19 heavy (non-hydrogen) atoms. The van der Waals surface area contributed by atoms with Crippen molar-refractivity contribution in [3.8, 4) is 0 Å². The van der Waals surface area contributed by atoms with E-state index in [9.17, 15) is 4.79 Å². The van der Waals surface area contributed by atoms with Crippen molar-refractivity contribution in [1.29, 1.82) is 0 Å². The Hall–Kier alpha value is -0.690. The van der Waals surface area contributed by atoms with Crippen LogP contribution < -0.4 is 0 Å². The first-order chi connectivity index (χ1) is 9.08. The molecule has 0 amide bonds. The quantitative estimate of drug-likeness (QED) is 0.815. The fourth-order valence-corrected chi connectivity index (χ4v) is 4.04. The molecular formula is C12H19N3O2S2. The van der Waals surface area contributed by atoms with Gasteiger partial charge in [0.2, 0.25) is 0 Å². The Labute approximate surface area is 121 Å². The molecule has 0 aromatic carbocycles. The zero-order valence-electron chi connectivity index (χ0n) is 11.2. The molecule has 5 nitrogen and oxygen atoms in total. The van der Waals surface area contributed by atoms with Crippen molar-refractivity contribution < 1.29 is 9.90 Å². The maximum absolute atomic E-state index is 10.7. The molecule has 1 unspecified atom stereocenters. The summed E-state index contributed by atoms with van der Waals surface area (Å²) in [5, 5.41) is 18.4. The maximum Gasteiger partial charge on any atom is 0.313 e. The van der Waals surface area contributed by atoms with Crippen molar-refractivity contribution in [2.75, 3.05) is 11.5 Å². The Kier molecular flexibility index (Phi) is 5.15. The lowest BCUT2D eigenvalue weighted by Crippen LogP contribution is -2.12. The van der Waals surface area contributed by atoms with Gasteiger partial charge in [-0.2, -0.15) is 11.8 Å². The summed E-state index contributed by atoms with van der Waals surface area (Å²) in [6.45, 7) is 5.15. The number of thioether (sulfide) groups is 2. The molecule has 2 rings (SSSR count). The van der Waals surface area contributed by atoms with Crippen molar-refractivity contribution in [1.82, 2.24) is 14.8 Å². The highest BCUT2D eigenvalue weighted by Crippen LogP contribution is 2.40. The number of carboxylic acid groups (broad SMARTS) is 1. The zero-order chi connectivity index (χ0) is 13.8. The first-order valence-corrected chi connectivity index (χ1v) is 8.50. The predicted octanol–water partition coefficient (Wildman–Crippen LogP) is 2.68. The van der Waals surface area contributed by atoms with Gasteiger partial charge in [0.15, 0.2) is 5.16 Å². The number of aliphatic carboxylic acids is 1. The molecule has 7 heteroatoms. The van der Waals surface area contributed by atoms with E-state index in [2.05, 4.69) is 28.6 Å². The normalized spacial score (nSPS) is 19.2. The van der Waals surface area contributed by atoms with Gasteiger partial charge in [-0.1, -0.05) is 25.6 Å². The smallest absolute Gasteiger partial charge is 0.313 e. The molecule has 106 valence electrons. The molecule has 2 heterocycles. The van der Waals surface area contributed by atoms with Gasteiger partial charge in [0, 0.05) is 6.54 Å². The van der Waals surface area contributed by atoms with Gasteiger partial charge in [-0.25, -0.2) is 0 Å². The summed E-state index contributed by atoms with van der Waals surface area (Å²) in [5.41, 5.74) is 0. The van der Waals surface area contributed by atoms with Gasteiger partial charge in [0.25, 0.3) is 0 Å². The van der Waals surface area contributed by atoms with E-state index in [4.69, 9.17) is 5.11 Å². The SMILES string of the molecule is CC(C)Cn1c(SCC(=O)O)nnc1C1CCCS1. The molecule has 1 saturated heterocycles. The van der Waals surface area contributed by atoms with Crippen LogP contribution in [0.25, 0.3) is 0 Å². The summed E-state index contributed by atoms with van der Waals surface area (Å²) in [4.78, 5) is 10.7. The summed E-state index contributed by atoms with van der Waals surface area (Å²) in [7, 11) is 0. The summed E-state index contributed by atoms with van der Waals surface area (Å²) in [5.74, 6) is 1.90. The average molecular weight is 301 g/mol. The van der Waals surface area contributed by atoms with Crippen molar-refractivity contribution in [3.05, 3.63) is 5.82 Å². The average Bonchev–Trinajstić information content (AvgIpc) is 2.94. The van der Waals surface area contributed by atoms with Crippen LogP contribution in [0.15, 0.2) is 5.16 Å². The van der Waals surface area contributed by atoms with Crippen molar-refractivity contribution >= 4 is 29.5 Å². The van der Waals surface area contributed by atoms with Crippen LogP contribution in [0.3, 0.4) is 0 Å². The van der Waals surface area contributed by atoms with Crippen LogP contribution in [0, 0.1) is 5.92 Å². The van der Waals surface area contributed by atoms with Crippen LogP contribution in [-0.4, -0.2) is 37.3 Å². The molecule has 1 N–H and O–H groups in total. The maximum atomic E-state index is 10.7. The molecule has 0 saturated carbocycles. The van der Waals surface area contributed by atoms with Gasteiger partial charge in [-0.15, -0.1) is 10.2 Å². The van der Waals surface area contributed by atoms with Crippen LogP contribution >= 0.6 is 23.5 Å². The molecule has 1 aromatic rings. The Bertz CT molecular complexity index is 442. The fourth-order valence-electron chi connectivity index (χ4n) is 2.09. The van der Waals surface area contributed by atoms with E-state index in [0.717, 1.165) is 23.9 Å². The van der Waals surface area contributed by atoms with E-state index >= 15 is 0 Å². The van der Waals surface area contributed by atoms with Gasteiger partial charge in [-0.05, 0) is 24.5 Å². The summed E-state index contributed by atoms with van der Waals surface area (Å²) in [6.07, 6.45) is 2.37. The summed E-state index contributed by atoms with van der Waals surface area (Å²) >= 11 is 3.18. The third-order valence-electron chi connectivity index (χ3n) is 2.84. The van der Waals surface area contributed by atoms with Crippen molar-refractivity contribution in [2.24, 2.45) is 5.92 Å². The van der Waals surface area contributed by atoms with E-state index in [1.807, 2.05) is 11.8 Å². The Balaban J connectivity index is 2.19. The lowest BCUT2D eigenvalue weighted by molar-refractivity contribution is -0.133. The third-order valence-corrected chi connectivity index (χ3v) is 5.16. The molecule has 0 bridgehead atoms. The zero-order valence-corrected chi connectivity index (χ0v) is 12.8. The first kappa shape index (κ1) is 14.7. The minimum Gasteiger partial charge on any atom is -0.481 e. The van der Waals surface area contributed by atoms with Gasteiger partial charge in [-0.3, -0.25) is 4.79 Å². The molecule has 0 aliphatic carbocycles. The predicted molar refractivity (Wildman–Crippen MR) is 77.7 cm³/mol. The van der Waals surface area contributed by atoms with E-state index in [-0.39, 0.29) is 5.75 Å². The van der Waals surface area contributed by atoms with Crippen LogP contribution in [0.5, 0.6) is 0 Å². The summed E-state index contributed by atoms with van der Waals surface area (Å²) < 4.78 is 2.11. The van der Waals surface area contributed by atoms with E-state index in [1.54, 1.807) is 0 Å². The standard InChI is InChI=1S/C12H19N3O2S2/c1-8(2)6-15-11(9-4-3-5-18-9)13-14-12(15)19-7-10(16)17/h8-9H,3-7H2,1-2H3,(H,16,17). The lowest BCUT2D eigenvalue weighted by Gasteiger charge is -2.14. The van der Waals surface area contributed by atoms with Crippen LogP contribution in [0.4, 0.5) is 0 Å². The number of rotatable bonds is 6. The number of nitrogens with zero attached hydrogens (tertiary/aromatic N) is 3. The third kappa shape index (κ3) is 3.89. The Morgan fingerprint density at radius 2 is 2.37 bits per heavy atom. The van der Waals surface area contributed by atoms with E-state index in [1.165, 1.54) is 23.9 Å². The van der Waals surface area contributed by atoms with Crippen LogP contribution in [0.2, 0.25) is 0 Å². The second-order valence-electron chi connectivity index (χ2n) is 5.03. The topological polar surface area (TPSA) is 68.0 Å². The molecule has 1 aliphatic heterocycles. The fraction of sp³-hybridized carbons (Fsp3) is 0.750. The number of aromatic nitrogens is 3. The number of carbonyl (C=O) groups is 1. The number of hydrogen-bond acceptors (Lipinski definition) is 5. The summed E-state index contributed by atoms with van der Waals surface area (Å²) in [6, 6.07) is 0. The second-order valence-corrected chi connectivity index (χ2v) is 7.28. The molecule has 1 fully saturated rings. The molecule has 1 aliphatic rings. The van der Waals surface area contributed by atoms with Gasteiger partial charge in [0.05, 0.1) is 11.0 Å². The monoisotopic (exact) mass is 301 g/mol. The molecule has 0 spiro atoms. The Morgan fingerprint density at radius 3 is 2.95 bits per heavy atom. The van der Waals surface area contributed by atoms with E-state index < -0.39 is 5.97 Å². The lowest BCUT2D eigenvalue weighted by atomic mass is 10.2. The molecule has 1 atom stereocenters. The minimum atomic E-state index is -0.819. The second kappa shape index (κ2) is 6.65. The highest BCUT2D eigenvalue weighted by Gasteiger charge is 2.25. The minimum absolute atomic E-state index is 0.0358. The molecule has 0 radical (unpaired) electrons. The molecule has 1 aromatic heterocycles. The van der Waals surface area contributed by atoms with Gasteiger partial charge < -0.3 is 9.67 Å². The number of hydrogen-bond donors (Lipinski definition) is 1. The van der Waals surface area contributed by atoms with E-state index in [0.29, 0.717) is 11.2 Å². The largest absolute Gasteiger partial charge is 0.481 e. The van der Waals surface area contributed by atoms with Crippen LogP contribution in [-0.2, 0) is 11.3 Å². The van der Waals surface area contributed by atoms with Gasteiger partial charge in [0.1, 0.15) is 5.82 Å². The van der Waals surface area contributed by atoms with Crippen molar-refractivity contribution in [3.63, 3.8) is 0 Å². The van der Waals surface area contributed by atoms with Crippen LogP contribution in [0.1, 0.15) is 37.8 Å². The highest BCUT2D eigenvalue weighted by molar-refractivity contribution is 8.00. The highest BCUT2D eigenvalue weighted by atomic mass is 32.2. The van der Waals surface area contributed by atoms with Gasteiger partial charge >= 0.3 is 5.97 Å². The number of carboxylic acids is 1.